The number of hydrogen-bond donors (Lipinski definition) is 0. The van der Waals surface area contributed by atoms with E-state index in [2.05, 4.69) is 111 Å². The minimum Gasteiger partial charge on any atom is -0.546 e. The van der Waals surface area contributed by atoms with E-state index in [1.54, 1.807) is 0 Å². The van der Waals surface area contributed by atoms with Gasteiger partial charge in [-0.15, -0.1) is 0 Å². The van der Waals surface area contributed by atoms with E-state index in [0.29, 0.717) is 0 Å². The lowest BCUT2D eigenvalue weighted by atomic mass is 9.99. The van der Waals surface area contributed by atoms with Crippen LogP contribution in [0.4, 0.5) is 0 Å². The van der Waals surface area contributed by atoms with Crippen molar-refractivity contribution in [1.82, 2.24) is 0 Å². The molecule has 136 valence electrons. The fourth-order valence-electron chi connectivity index (χ4n) is 4.12. The molecule has 0 N–H and O–H groups in total. The lowest BCUT2D eigenvalue weighted by Gasteiger charge is -2.43. The van der Waals surface area contributed by atoms with Crippen LogP contribution in [0.25, 0.3) is 5.57 Å². The molecule has 0 radical (unpaired) electrons. The van der Waals surface area contributed by atoms with Gasteiger partial charge in [0.1, 0.15) is 0 Å². The molecule has 0 fully saturated rings. The number of fused-ring (bicyclic) bond motifs is 1. The van der Waals surface area contributed by atoms with Crippen LogP contribution in [0.2, 0.25) is 26.2 Å². The van der Waals surface area contributed by atoms with Crippen LogP contribution in [0.5, 0.6) is 0 Å². The average molecular weight is 387 g/mol. The van der Waals surface area contributed by atoms with Gasteiger partial charge in [-0.2, -0.15) is 0 Å². The second-order valence-electron chi connectivity index (χ2n) is 8.22. The van der Waals surface area contributed by atoms with E-state index in [1.807, 2.05) is 0 Å². The number of rotatable bonds is 2. The van der Waals surface area contributed by atoms with Gasteiger partial charge in [0, 0.05) is 5.57 Å². The van der Waals surface area contributed by atoms with Gasteiger partial charge in [-0.1, -0.05) is 98.0 Å². The molecule has 0 saturated carbocycles. The minimum absolute atomic E-state index is 1.23. The summed E-state index contributed by atoms with van der Waals surface area (Å²) in [5, 5.41) is 4.23. The van der Waals surface area contributed by atoms with Crippen LogP contribution in [0, 0.1) is 0 Å². The summed E-state index contributed by atoms with van der Waals surface area (Å²) in [5.41, 5.74) is 3.75. The lowest BCUT2D eigenvalue weighted by molar-refractivity contribution is 0.459. The molecule has 0 aliphatic carbocycles. The Balaban J connectivity index is 2.06. The third-order valence-corrected chi connectivity index (χ3v) is 11.7. The molecule has 1 heterocycles. The third kappa shape index (κ3) is 3.11. The maximum Gasteiger partial charge on any atom is 0.275 e. The van der Waals surface area contributed by atoms with Gasteiger partial charge < -0.3 is 4.43 Å². The van der Waals surface area contributed by atoms with Crippen molar-refractivity contribution in [2.45, 2.75) is 26.2 Å². The van der Waals surface area contributed by atoms with E-state index in [9.17, 15) is 0 Å². The molecule has 0 bridgehead atoms. The van der Waals surface area contributed by atoms with E-state index < -0.39 is 16.4 Å². The molecule has 3 aromatic carbocycles. The second kappa shape index (κ2) is 6.66. The summed E-state index contributed by atoms with van der Waals surface area (Å²) < 4.78 is 6.97. The van der Waals surface area contributed by atoms with Gasteiger partial charge in [-0.05, 0) is 34.6 Å². The molecule has 0 atom stereocenters. The Kier molecular flexibility index (Phi) is 4.45. The smallest absolute Gasteiger partial charge is 0.275 e. The largest absolute Gasteiger partial charge is 0.546 e. The fraction of sp³-hybridized carbons (Fsp3) is 0.167. The van der Waals surface area contributed by atoms with Gasteiger partial charge in [-0.3, -0.25) is 0 Å². The predicted octanol–water partition coefficient (Wildman–Crippen LogP) is 5.04. The monoisotopic (exact) mass is 386 g/mol. The van der Waals surface area contributed by atoms with Crippen molar-refractivity contribution in [3.63, 3.8) is 0 Å². The lowest BCUT2D eigenvalue weighted by Crippen LogP contribution is -2.67. The van der Waals surface area contributed by atoms with E-state index in [0.717, 1.165) is 0 Å². The highest BCUT2D eigenvalue weighted by Crippen LogP contribution is 2.36. The standard InChI is InChI=1S/C24H26OSi2/c1-26(2)21-17-11-12-18-22(21)27(3,4)25-24(26)23(19-13-7-5-8-14-19)20-15-9-6-10-16-20/h5-18H,1-4H3. The molecule has 0 unspecified atom stereocenters. The Labute approximate surface area is 164 Å². The van der Waals surface area contributed by atoms with Crippen molar-refractivity contribution in [2.75, 3.05) is 0 Å². The van der Waals surface area contributed by atoms with Crippen molar-refractivity contribution in [2.24, 2.45) is 0 Å². The van der Waals surface area contributed by atoms with E-state index >= 15 is 0 Å². The van der Waals surface area contributed by atoms with Crippen LogP contribution >= 0.6 is 0 Å². The van der Waals surface area contributed by atoms with Crippen molar-refractivity contribution >= 4 is 32.3 Å². The first-order valence-corrected chi connectivity index (χ1v) is 15.5. The maximum atomic E-state index is 6.97. The molecule has 0 aromatic heterocycles. The van der Waals surface area contributed by atoms with Crippen LogP contribution < -0.4 is 10.4 Å². The molecule has 1 aliphatic heterocycles. The summed E-state index contributed by atoms with van der Waals surface area (Å²) in [6.45, 7) is 9.50. The van der Waals surface area contributed by atoms with Gasteiger partial charge in [0.15, 0.2) is 8.07 Å². The van der Waals surface area contributed by atoms with Crippen LogP contribution in [-0.4, -0.2) is 16.4 Å². The van der Waals surface area contributed by atoms with E-state index in [1.165, 1.54) is 32.5 Å². The van der Waals surface area contributed by atoms with Crippen molar-refractivity contribution < 1.29 is 4.43 Å². The highest BCUT2D eigenvalue weighted by Gasteiger charge is 2.46. The highest BCUT2D eigenvalue weighted by atomic mass is 28.4. The first-order chi connectivity index (χ1) is 12.9. The predicted molar refractivity (Wildman–Crippen MR) is 121 cm³/mol. The zero-order valence-electron chi connectivity index (χ0n) is 16.5. The number of hydrogen-bond acceptors (Lipinski definition) is 1. The van der Waals surface area contributed by atoms with E-state index in [4.69, 9.17) is 4.43 Å². The Morgan fingerprint density at radius 2 is 1.04 bits per heavy atom. The first kappa shape index (κ1) is 18.0. The topological polar surface area (TPSA) is 9.23 Å². The maximum absolute atomic E-state index is 6.97. The summed E-state index contributed by atoms with van der Waals surface area (Å²) in [4.78, 5) is 0. The molecular formula is C24H26OSi2. The van der Waals surface area contributed by atoms with Gasteiger partial charge in [0.25, 0.3) is 8.32 Å². The Hall–Kier alpha value is -2.37. The van der Waals surface area contributed by atoms with Crippen molar-refractivity contribution in [3.8, 4) is 0 Å². The molecule has 0 saturated heterocycles. The third-order valence-electron chi connectivity index (χ3n) is 5.53. The second-order valence-corrected chi connectivity index (χ2v) is 16.2. The van der Waals surface area contributed by atoms with Crippen molar-refractivity contribution in [3.05, 3.63) is 101 Å². The summed E-state index contributed by atoms with van der Waals surface area (Å²) >= 11 is 0. The molecule has 1 aliphatic rings. The first-order valence-electron chi connectivity index (χ1n) is 9.56. The summed E-state index contributed by atoms with van der Waals surface area (Å²) in [7, 11) is -3.98. The van der Waals surface area contributed by atoms with Gasteiger partial charge in [0.05, 0.1) is 5.38 Å². The molecule has 3 aromatic rings. The molecule has 1 nitrogen and oxygen atoms in total. The van der Waals surface area contributed by atoms with Crippen molar-refractivity contribution in [1.29, 1.82) is 0 Å². The minimum atomic E-state index is -2.01. The Bertz CT molecular complexity index is 948. The molecule has 4 rings (SSSR count). The average Bonchev–Trinajstić information content (AvgIpc) is 2.68. The van der Waals surface area contributed by atoms with Gasteiger partial charge in [0.2, 0.25) is 0 Å². The summed E-state index contributed by atoms with van der Waals surface area (Å²) in [6, 6.07) is 30.4. The molecule has 0 spiro atoms. The molecular weight excluding hydrogens is 360 g/mol. The fourth-order valence-corrected chi connectivity index (χ4v) is 12.1. The summed E-state index contributed by atoms with van der Waals surface area (Å²) in [6.07, 6.45) is 0. The van der Waals surface area contributed by atoms with Crippen LogP contribution in [0.3, 0.4) is 0 Å². The van der Waals surface area contributed by atoms with E-state index in [-0.39, 0.29) is 0 Å². The van der Waals surface area contributed by atoms with Gasteiger partial charge in [-0.25, -0.2) is 0 Å². The molecule has 27 heavy (non-hydrogen) atoms. The molecule has 3 heteroatoms. The Morgan fingerprint density at radius 1 is 0.593 bits per heavy atom. The highest BCUT2D eigenvalue weighted by molar-refractivity contribution is 7.04. The van der Waals surface area contributed by atoms with Crippen LogP contribution in [0.15, 0.2) is 90.3 Å². The van der Waals surface area contributed by atoms with Crippen LogP contribution in [0.1, 0.15) is 11.1 Å². The quantitative estimate of drug-likeness (QED) is 0.561. The number of benzene rings is 3. The normalized spacial score (nSPS) is 17.0. The zero-order valence-corrected chi connectivity index (χ0v) is 18.5. The zero-order chi connectivity index (χ0) is 19.1. The van der Waals surface area contributed by atoms with Crippen LogP contribution in [-0.2, 0) is 4.43 Å². The Morgan fingerprint density at radius 3 is 1.56 bits per heavy atom. The summed E-state index contributed by atoms with van der Waals surface area (Å²) in [5.74, 6) is 0. The van der Waals surface area contributed by atoms with Gasteiger partial charge >= 0.3 is 0 Å². The SMILES string of the molecule is C[Si]1(C)OC(=C(c2ccccc2)c2ccccc2)[Si](C)(C)c2ccccc21. The molecule has 0 amide bonds.